The summed E-state index contributed by atoms with van der Waals surface area (Å²) in [6, 6.07) is 8.39. The van der Waals surface area contributed by atoms with Crippen LogP contribution < -0.4 is 10.2 Å². The van der Waals surface area contributed by atoms with Gasteiger partial charge in [0.1, 0.15) is 17.8 Å². The van der Waals surface area contributed by atoms with E-state index in [-0.39, 0.29) is 17.2 Å². The van der Waals surface area contributed by atoms with E-state index in [9.17, 15) is 14.4 Å². The molecule has 38 heavy (non-hydrogen) atoms. The zero-order valence-corrected chi connectivity index (χ0v) is 23.5. The SMILES string of the molecule is CC.CN1CC(COC2=CC(Cl)=C(C(=O)NC3=CC(C(=O)CC=O)CC=C3Cl)CC=C2)Cc2ccccc21. The lowest BCUT2D eigenvalue weighted by Crippen LogP contribution is -2.34. The molecule has 0 spiro atoms. The lowest BCUT2D eigenvalue weighted by atomic mass is 9.93. The van der Waals surface area contributed by atoms with Crippen LogP contribution in [0.5, 0.6) is 0 Å². The summed E-state index contributed by atoms with van der Waals surface area (Å²) >= 11 is 12.8. The molecule has 1 heterocycles. The van der Waals surface area contributed by atoms with Gasteiger partial charge in [-0.3, -0.25) is 9.59 Å². The Morgan fingerprint density at radius 3 is 2.74 bits per heavy atom. The first kappa shape index (κ1) is 29.5. The Balaban J connectivity index is 0.00000195. The van der Waals surface area contributed by atoms with Gasteiger partial charge in [-0.25, -0.2) is 0 Å². The Morgan fingerprint density at radius 1 is 1.21 bits per heavy atom. The number of carbonyl (C=O) groups is 3. The van der Waals surface area contributed by atoms with Crippen LogP contribution in [0.15, 0.2) is 81.7 Å². The normalized spacial score (nSPS) is 20.6. The quantitative estimate of drug-likeness (QED) is 0.315. The molecule has 3 aliphatic rings. The third-order valence-electron chi connectivity index (χ3n) is 6.49. The number of nitrogens with one attached hydrogen (secondary N) is 1. The minimum absolute atomic E-state index is 0.174. The van der Waals surface area contributed by atoms with Crippen molar-refractivity contribution >= 4 is 46.9 Å². The number of hydrogen-bond acceptors (Lipinski definition) is 5. The number of fused-ring (bicyclic) bond motifs is 1. The van der Waals surface area contributed by atoms with Gasteiger partial charge in [0, 0.05) is 36.7 Å². The van der Waals surface area contributed by atoms with Crippen LogP contribution in [0.25, 0.3) is 0 Å². The summed E-state index contributed by atoms with van der Waals surface area (Å²) in [5.74, 6) is -0.205. The molecular weight excluding hydrogens is 523 g/mol. The maximum atomic E-state index is 13.0. The van der Waals surface area contributed by atoms with Crippen molar-refractivity contribution in [1.29, 1.82) is 0 Å². The highest BCUT2D eigenvalue weighted by Gasteiger charge is 2.25. The van der Waals surface area contributed by atoms with E-state index < -0.39 is 11.8 Å². The van der Waals surface area contributed by atoms with Crippen molar-refractivity contribution in [3.05, 3.63) is 87.3 Å². The van der Waals surface area contributed by atoms with Crippen molar-refractivity contribution < 1.29 is 19.1 Å². The van der Waals surface area contributed by atoms with Crippen LogP contribution in [0.3, 0.4) is 0 Å². The highest BCUT2D eigenvalue weighted by atomic mass is 35.5. The van der Waals surface area contributed by atoms with E-state index in [1.807, 2.05) is 26.0 Å². The summed E-state index contributed by atoms with van der Waals surface area (Å²) in [6.07, 6.45) is 10.6. The maximum absolute atomic E-state index is 13.0. The van der Waals surface area contributed by atoms with Crippen molar-refractivity contribution in [3.8, 4) is 0 Å². The van der Waals surface area contributed by atoms with E-state index in [1.165, 1.54) is 11.3 Å². The predicted molar refractivity (Wildman–Crippen MR) is 153 cm³/mol. The number of halogens is 2. The van der Waals surface area contributed by atoms with E-state index >= 15 is 0 Å². The number of hydrogen-bond donors (Lipinski definition) is 1. The molecule has 0 saturated heterocycles. The summed E-state index contributed by atoms with van der Waals surface area (Å²) in [5, 5.41) is 3.39. The number of ether oxygens (including phenoxy) is 1. The van der Waals surface area contributed by atoms with Gasteiger partial charge in [-0.1, -0.05) is 67.4 Å². The minimum Gasteiger partial charge on any atom is -0.493 e. The van der Waals surface area contributed by atoms with Crippen molar-refractivity contribution in [2.75, 3.05) is 25.1 Å². The number of ketones is 1. The molecule has 0 radical (unpaired) electrons. The molecule has 2 aliphatic carbocycles. The van der Waals surface area contributed by atoms with Crippen LogP contribution in [-0.2, 0) is 25.5 Å². The van der Waals surface area contributed by atoms with Crippen LogP contribution in [0, 0.1) is 11.8 Å². The number of benzene rings is 1. The summed E-state index contributed by atoms with van der Waals surface area (Å²) in [4.78, 5) is 38.0. The molecule has 0 saturated carbocycles. The van der Waals surface area contributed by atoms with Crippen molar-refractivity contribution in [1.82, 2.24) is 5.32 Å². The van der Waals surface area contributed by atoms with Gasteiger partial charge >= 0.3 is 0 Å². The van der Waals surface area contributed by atoms with Gasteiger partial charge < -0.3 is 19.7 Å². The van der Waals surface area contributed by atoms with E-state index in [0.717, 1.165) is 13.0 Å². The Hall–Kier alpha value is -3.09. The number of allylic oxidation sites excluding steroid dienone is 7. The van der Waals surface area contributed by atoms with Crippen molar-refractivity contribution in [2.24, 2.45) is 11.8 Å². The molecule has 4 rings (SSSR count). The second kappa shape index (κ2) is 14.2. The predicted octanol–water partition coefficient (Wildman–Crippen LogP) is 5.98. The second-order valence-electron chi connectivity index (χ2n) is 9.14. The van der Waals surface area contributed by atoms with E-state index in [2.05, 4.69) is 41.5 Å². The van der Waals surface area contributed by atoms with Crippen LogP contribution in [0.1, 0.15) is 38.7 Å². The Kier molecular flexibility index (Phi) is 11.0. The zero-order chi connectivity index (χ0) is 27.7. The number of aldehydes is 1. The molecule has 0 bridgehead atoms. The largest absolute Gasteiger partial charge is 0.493 e. The van der Waals surface area contributed by atoms with Crippen molar-refractivity contribution in [2.45, 2.75) is 39.5 Å². The average Bonchev–Trinajstić information content (AvgIpc) is 3.11. The number of nitrogens with zero attached hydrogens (tertiary/aromatic N) is 1. The fourth-order valence-corrected chi connectivity index (χ4v) is 5.10. The fourth-order valence-electron chi connectivity index (χ4n) is 4.63. The summed E-state index contributed by atoms with van der Waals surface area (Å²) in [5.41, 5.74) is 3.27. The number of rotatable bonds is 8. The van der Waals surface area contributed by atoms with Gasteiger partial charge in [0.05, 0.1) is 28.8 Å². The summed E-state index contributed by atoms with van der Waals surface area (Å²) < 4.78 is 6.08. The molecule has 0 fully saturated rings. The molecule has 1 aliphatic heterocycles. The first-order chi connectivity index (χ1) is 18.4. The molecule has 6 nitrogen and oxygen atoms in total. The van der Waals surface area contributed by atoms with Gasteiger partial charge in [-0.05, 0) is 49.1 Å². The summed E-state index contributed by atoms with van der Waals surface area (Å²) in [7, 11) is 2.09. The Labute approximate surface area is 234 Å². The third kappa shape index (κ3) is 7.49. The number of para-hydroxylation sites is 1. The fraction of sp³-hybridized carbons (Fsp3) is 0.367. The molecule has 0 aromatic heterocycles. The zero-order valence-electron chi connectivity index (χ0n) is 22.0. The van der Waals surface area contributed by atoms with Gasteiger partial charge in [0.25, 0.3) is 5.91 Å². The highest BCUT2D eigenvalue weighted by molar-refractivity contribution is 6.34. The first-order valence-corrected chi connectivity index (χ1v) is 13.7. The molecular formula is C30H34Cl2N2O4. The molecule has 1 amide bonds. The first-order valence-electron chi connectivity index (χ1n) is 12.9. The van der Waals surface area contributed by atoms with Gasteiger partial charge in [0.15, 0.2) is 0 Å². The lowest BCUT2D eigenvalue weighted by molar-refractivity contribution is -0.124. The standard InChI is InChI=1S/C28H28Cl2N2O4.C2H6/c1-32-16-18(13-19-5-2-3-8-26(19)32)17-36-21-6-4-7-22(24(30)15-21)28(35)31-25-14-20(9-10-23(25)29)27(34)11-12-33;1-2/h2-6,8,10,12,14-15,18,20H,7,9,11,13,16-17H2,1H3,(H,31,35);1-2H3. The molecule has 1 aromatic carbocycles. The average molecular weight is 558 g/mol. The molecule has 202 valence electrons. The maximum Gasteiger partial charge on any atom is 0.253 e. The second-order valence-corrected chi connectivity index (χ2v) is 9.95. The van der Waals surface area contributed by atoms with Crippen LogP contribution >= 0.6 is 23.2 Å². The smallest absolute Gasteiger partial charge is 0.253 e. The third-order valence-corrected chi connectivity index (χ3v) is 7.18. The lowest BCUT2D eigenvalue weighted by Gasteiger charge is -2.33. The molecule has 1 N–H and O–H groups in total. The van der Waals surface area contributed by atoms with E-state index in [4.69, 9.17) is 27.9 Å². The van der Waals surface area contributed by atoms with E-state index in [0.29, 0.717) is 53.7 Å². The van der Waals surface area contributed by atoms with Gasteiger partial charge in [-0.15, -0.1) is 0 Å². The van der Waals surface area contributed by atoms with Crippen LogP contribution in [0.2, 0.25) is 0 Å². The summed E-state index contributed by atoms with van der Waals surface area (Å²) in [6.45, 7) is 5.43. The number of amides is 1. The van der Waals surface area contributed by atoms with Gasteiger partial charge in [-0.2, -0.15) is 0 Å². The number of carbonyl (C=O) groups excluding carboxylic acids is 3. The molecule has 1 aromatic rings. The van der Waals surface area contributed by atoms with Crippen LogP contribution in [-0.4, -0.2) is 38.2 Å². The van der Waals surface area contributed by atoms with Gasteiger partial charge in [0.2, 0.25) is 0 Å². The number of Topliss-reactive ketones (excluding diaryl/α,β-unsaturated/α-hetero) is 1. The number of anilines is 1. The van der Waals surface area contributed by atoms with Crippen LogP contribution in [0.4, 0.5) is 5.69 Å². The molecule has 2 unspecified atom stereocenters. The minimum atomic E-state index is -0.503. The molecule has 8 heteroatoms. The van der Waals surface area contributed by atoms with E-state index in [1.54, 1.807) is 18.2 Å². The highest BCUT2D eigenvalue weighted by Crippen LogP contribution is 2.30. The Morgan fingerprint density at radius 2 is 1.97 bits per heavy atom. The monoisotopic (exact) mass is 556 g/mol. The molecule has 2 atom stereocenters. The van der Waals surface area contributed by atoms with Crippen molar-refractivity contribution in [3.63, 3.8) is 0 Å². The Bertz CT molecular complexity index is 1210. The topological polar surface area (TPSA) is 75.7 Å².